The van der Waals surface area contributed by atoms with Crippen LogP contribution >= 0.6 is 0 Å². The molecule has 4 nitrogen and oxygen atoms in total. The zero-order valence-corrected chi connectivity index (χ0v) is 10.9. The van der Waals surface area contributed by atoms with Gasteiger partial charge in [0.15, 0.2) is 11.1 Å². The summed E-state index contributed by atoms with van der Waals surface area (Å²) in [6, 6.07) is 6.06. The first-order chi connectivity index (χ1) is 8.49. The molecule has 0 bridgehead atoms. The first kappa shape index (κ1) is 14.8. The van der Waals surface area contributed by atoms with E-state index in [1.165, 1.54) is 12.1 Å². The van der Waals surface area contributed by atoms with Gasteiger partial charge in [-0.15, -0.1) is 0 Å². The molecule has 0 saturated carbocycles. The van der Waals surface area contributed by atoms with Crippen molar-refractivity contribution in [1.29, 1.82) is 0 Å². The summed E-state index contributed by atoms with van der Waals surface area (Å²) in [5.74, 6) is -1.10. The number of benzene rings is 1. The monoisotopic (exact) mass is 273 g/mol. The average Bonchev–Trinajstić information content (AvgIpc) is 2.30. The molecule has 2 unspecified atom stereocenters. The predicted octanol–water partition coefficient (Wildman–Crippen LogP) is 1.34. The van der Waals surface area contributed by atoms with E-state index in [0.29, 0.717) is 13.0 Å². The molecule has 0 aliphatic carbocycles. The zero-order chi connectivity index (χ0) is 13.5. The molecule has 0 heterocycles. The molecular weight excluding hydrogens is 257 g/mol. The minimum absolute atomic E-state index is 0.0671. The summed E-state index contributed by atoms with van der Waals surface area (Å²) in [5.41, 5.74) is 0.926. The van der Waals surface area contributed by atoms with Crippen molar-refractivity contribution in [3.05, 3.63) is 35.6 Å². The smallest absolute Gasteiger partial charge is 0.223 e. The molecular formula is C12H16FNO3S. The van der Waals surface area contributed by atoms with Crippen LogP contribution in [0.3, 0.4) is 0 Å². The number of halogens is 1. The Bertz CT molecular complexity index is 422. The van der Waals surface area contributed by atoms with E-state index in [1.807, 2.05) is 0 Å². The third-order valence-electron chi connectivity index (χ3n) is 2.47. The topological polar surface area (TPSA) is 66.4 Å². The van der Waals surface area contributed by atoms with Gasteiger partial charge in [0.25, 0.3) is 0 Å². The number of carbonyl (C=O) groups is 1. The molecule has 2 atom stereocenters. The van der Waals surface area contributed by atoms with Crippen molar-refractivity contribution in [3.63, 3.8) is 0 Å². The van der Waals surface area contributed by atoms with Gasteiger partial charge >= 0.3 is 0 Å². The SMILES string of the molecule is CC(CS(=O)O)C(=O)NCCc1ccc(F)cc1. The minimum atomic E-state index is -1.96. The Kier molecular flexibility index (Phi) is 5.94. The highest BCUT2D eigenvalue weighted by atomic mass is 32.2. The summed E-state index contributed by atoms with van der Waals surface area (Å²) in [4.78, 5) is 11.5. The van der Waals surface area contributed by atoms with E-state index in [9.17, 15) is 13.4 Å². The van der Waals surface area contributed by atoms with Crippen LogP contribution < -0.4 is 5.32 Å². The number of amides is 1. The Labute approximate surface area is 108 Å². The summed E-state index contributed by atoms with van der Waals surface area (Å²) in [6.07, 6.45) is 0.598. The highest BCUT2D eigenvalue weighted by Gasteiger charge is 2.14. The maximum Gasteiger partial charge on any atom is 0.223 e. The Hall–Kier alpha value is -1.27. The van der Waals surface area contributed by atoms with Crippen LogP contribution in [0.5, 0.6) is 0 Å². The first-order valence-electron chi connectivity index (χ1n) is 5.58. The largest absolute Gasteiger partial charge is 0.356 e. The Morgan fingerprint density at radius 1 is 1.44 bits per heavy atom. The van der Waals surface area contributed by atoms with Gasteiger partial charge in [-0.1, -0.05) is 19.1 Å². The molecule has 1 aromatic rings. The molecule has 0 aliphatic rings. The van der Waals surface area contributed by atoms with Crippen LogP contribution in [0.4, 0.5) is 4.39 Å². The van der Waals surface area contributed by atoms with Crippen molar-refractivity contribution in [2.45, 2.75) is 13.3 Å². The van der Waals surface area contributed by atoms with Gasteiger partial charge in [0.05, 0.1) is 5.75 Å². The summed E-state index contributed by atoms with van der Waals surface area (Å²) < 4.78 is 31.8. The van der Waals surface area contributed by atoms with Crippen LogP contribution in [0.15, 0.2) is 24.3 Å². The van der Waals surface area contributed by atoms with Crippen LogP contribution in [-0.2, 0) is 22.3 Å². The molecule has 2 N–H and O–H groups in total. The molecule has 0 spiro atoms. The number of hydrogen-bond acceptors (Lipinski definition) is 2. The van der Waals surface area contributed by atoms with Crippen LogP contribution in [0, 0.1) is 11.7 Å². The van der Waals surface area contributed by atoms with E-state index in [-0.39, 0.29) is 17.5 Å². The van der Waals surface area contributed by atoms with Crippen molar-refractivity contribution >= 4 is 17.0 Å². The molecule has 0 aromatic heterocycles. The van der Waals surface area contributed by atoms with E-state index < -0.39 is 17.0 Å². The van der Waals surface area contributed by atoms with Crippen molar-refractivity contribution in [1.82, 2.24) is 5.32 Å². The minimum Gasteiger partial charge on any atom is -0.356 e. The Morgan fingerprint density at radius 2 is 2.06 bits per heavy atom. The Morgan fingerprint density at radius 3 is 2.61 bits per heavy atom. The normalized spacial score (nSPS) is 13.9. The van der Waals surface area contributed by atoms with Gasteiger partial charge in [-0.2, -0.15) is 0 Å². The number of rotatable bonds is 6. The van der Waals surface area contributed by atoms with Crippen LogP contribution in [0.2, 0.25) is 0 Å². The lowest BCUT2D eigenvalue weighted by atomic mass is 10.1. The lowest BCUT2D eigenvalue weighted by Crippen LogP contribution is -2.33. The lowest BCUT2D eigenvalue weighted by molar-refractivity contribution is -0.123. The molecule has 0 fully saturated rings. The van der Waals surface area contributed by atoms with E-state index in [0.717, 1.165) is 5.56 Å². The fourth-order valence-electron chi connectivity index (χ4n) is 1.44. The molecule has 100 valence electrons. The maximum absolute atomic E-state index is 12.6. The highest BCUT2D eigenvalue weighted by molar-refractivity contribution is 7.79. The average molecular weight is 273 g/mol. The van der Waals surface area contributed by atoms with Crippen molar-refractivity contribution in [2.75, 3.05) is 12.3 Å². The van der Waals surface area contributed by atoms with Gasteiger partial charge < -0.3 is 9.87 Å². The van der Waals surface area contributed by atoms with Gasteiger partial charge in [-0.25, -0.2) is 8.60 Å². The second-order valence-corrected chi connectivity index (χ2v) is 5.03. The molecule has 0 aliphatic heterocycles. The molecule has 1 aromatic carbocycles. The number of hydrogen-bond donors (Lipinski definition) is 2. The van der Waals surface area contributed by atoms with Crippen molar-refractivity contribution < 1.29 is 17.9 Å². The summed E-state index contributed by atoms with van der Waals surface area (Å²) in [7, 11) is 0. The van der Waals surface area contributed by atoms with E-state index in [2.05, 4.69) is 5.32 Å². The molecule has 1 amide bonds. The van der Waals surface area contributed by atoms with Gasteiger partial charge in [0.1, 0.15) is 5.82 Å². The molecule has 0 saturated heterocycles. The fourth-order valence-corrected chi connectivity index (χ4v) is 2.02. The molecule has 18 heavy (non-hydrogen) atoms. The fraction of sp³-hybridized carbons (Fsp3) is 0.417. The van der Waals surface area contributed by atoms with Crippen LogP contribution in [0.25, 0.3) is 0 Å². The third kappa shape index (κ3) is 5.37. The molecule has 6 heteroatoms. The first-order valence-corrected chi connectivity index (χ1v) is 6.86. The predicted molar refractivity (Wildman–Crippen MR) is 67.9 cm³/mol. The number of carbonyl (C=O) groups excluding carboxylic acids is 1. The maximum atomic E-state index is 12.6. The van der Waals surface area contributed by atoms with Gasteiger partial charge in [0, 0.05) is 12.5 Å². The molecule has 0 radical (unpaired) electrons. The van der Waals surface area contributed by atoms with E-state index in [4.69, 9.17) is 4.55 Å². The van der Waals surface area contributed by atoms with Gasteiger partial charge in [-0.05, 0) is 24.1 Å². The van der Waals surface area contributed by atoms with Crippen molar-refractivity contribution in [2.24, 2.45) is 5.92 Å². The second kappa shape index (κ2) is 7.23. The number of nitrogens with one attached hydrogen (secondary N) is 1. The highest BCUT2D eigenvalue weighted by Crippen LogP contribution is 2.03. The Balaban J connectivity index is 2.31. The van der Waals surface area contributed by atoms with Gasteiger partial charge in [-0.3, -0.25) is 4.79 Å². The zero-order valence-electron chi connectivity index (χ0n) is 10.1. The summed E-state index contributed by atoms with van der Waals surface area (Å²) >= 11 is -1.96. The van der Waals surface area contributed by atoms with Gasteiger partial charge in [0.2, 0.25) is 5.91 Å². The third-order valence-corrected chi connectivity index (χ3v) is 3.25. The standard InChI is InChI=1S/C12H16FNO3S/c1-9(8-18(16)17)12(15)14-7-6-10-2-4-11(13)5-3-10/h2-5,9H,6-8H2,1H3,(H,14,15)(H,16,17). The van der Waals surface area contributed by atoms with Crippen molar-refractivity contribution in [3.8, 4) is 0 Å². The quantitative estimate of drug-likeness (QED) is 0.769. The summed E-state index contributed by atoms with van der Waals surface area (Å²) in [5, 5.41) is 2.67. The van der Waals surface area contributed by atoms with E-state index in [1.54, 1.807) is 19.1 Å². The molecule has 1 rings (SSSR count). The van der Waals surface area contributed by atoms with Crippen LogP contribution in [-0.4, -0.2) is 27.0 Å². The lowest BCUT2D eigenvalue weighted by Gasteiger charge is -2.10. The van der Waals surface area contributed by atoms with Crippen LogP contribution in [0.1, 0.15) is 12.5 Å². The summed E-state index contributed by atoms with van der Waals surface area (Å²) in [6.45, 7) is 2.02. The second-order valence-electron chi connectivity index (χ2n) is 4.06. The van der Waals surface area contributed by atoms with E-state index >= 15 is 0 Å².